The Hall–Kier alpha value is -0.160. The molecule has 4 heteroatoms. The van der Waals surface area contributed by atoms with Gasteiger partial charge in [-0.1, -0.05) is 6.92 Å². The molecule has 4 nitrogen and oxygen atoms in total. The van der Waals surface area contributed by atoms with E-state index in [0.29, 0.717) is 0 Å². The van der Waals surface area contributed by atoms with Crippen LogP contribution in [0.25, 0.3) is 0 Å². The van der Waals surface area contributed by atoms with Gasteiger partial charge in [0.1, 0.15) is 0 Å². The quantitative estimate of drug-likeness (QED) is 0.726. The van der Waals surface area contributed by atoms with Crippen LogP contribution in [0.2, 0.25) is 0 Å². The number of rotatable bonds is 6. The topological polar surface area (TPSA) is 38.7 Å². The molecule has 0 aromatic carbocycles. The molecule has 2 unspecified atom stereocenters. The Morgan fingerprint density at radius 2 is 2.00 bits per heavy atom. The normalized spacial score (nSPS) is 29.8. The maximum absolute atomic E-state index is 9.55. The predicted molar refractivity (Wildman–Crippen MR) is 74.8 cm³/mol. The SMILES string of the molecule is CCNC(C)(CO)CN1CCC(N2CCCC2)C1. The van der Waals surface area contributed by atoms with Gasteiger partial charge >= 0.3 is 0 Å². The van der Waals surface area contributed by atoms with Gasteiger partial charge in [-0.2, -0.15) is 0 Å². The molecule has 0 amide bonds. The predicted octanol–water partition coefficient (Wildman–Crippen LogP) is 0.517. The highest BCUT2D eigenvalue weighted by molar-refractivity contribution is 4.91. The summed E-state index contributed by atoms with van der Waals surface area (Å²) in [5.74, 6) is 0. The lowest BCUT2D eigenvalue weighted by Crippen LogP contribution is -2.54. The van der Waals surface area contributed by atoms with E-state index in [9.17, 15) is 5.11 Å². The first-order valence-electron chi connectivity index (χ1n) is 7.49. The van der Waals surface area contributed by atoms with Gasteiger partial charge in [-0.05, 0) is 52.4 Å². The van der Waals surface area contributed by atoms with Crippen LogP contribution >= 0.6 is 0 Å². The molecule has 2 heterocycles. The van der Waals surface area contributed by atoms with Crippen LogP contribution in [0.3, 0.4) is 0 Å². The van der Waals surface area contributed by atoms with E-state index in [-0.39, 0.29) is 12.1 Å². The van der Waals surface area contributed by atoms with Crippen LogP contribution in [0.1, 0.15) is 33.1 Å². The highest BCUT2D eigenvalue weighted by atomic mass is 16.3. The Morgan fingerprint density at radius 1 is 1.28 bits per heavy atom. The van der Waals surface area contributed by atoms with Crippen molar-refractivity contribution in [2.24, 2.45) is 0 Å². The van der Waals surface area contributed by atoms with E-state index in [1.165, 1.54) is 45.4 Å². The molecule has 2 rings (SSSR count). The molecule has 0 saturated carbocycles. The van der Waals surface area contributed by atoms with Crippen LogP contribution in [0.15, 0.2) is 0 Å². The molecule has 2 N–H and O–H groups in total. The number of hydrogen-bond donors (Lipinski definition) is 2. The summed E-state index contributed by atoms with van der Waals surface area (Å²) in [5.41, 5.74) is -0.144. The first-order valence-corrected chi connectivity index (χ1v) is 7.49. The number of aliphatic hydroxyl groups excluding tert-OH is 1. The third-order valence-corrected chi connectivity index (χ3v) is 4.43. The molecule has 0 spiro atoms. The lowest BCUT2D eigenvalue weighted by atomic mass is 10.0. The Morgan fingerprint density at radius 3 is 2.61 bits per heavy atom. The summed E-state index contributed by atoms with van der Waals surface area (Å²) >= 11 is 0. The number of likely N-dealkylation sites (N-methyl/N-ethyl adjacent to an activating group) is 1. The van der Waals surface area contributed by atoms with Crippen LogP contribution in [-0.4, -0.2) is 72.4 Å². The molecule has 0 aliphatic carbocycles. The largest absolute Gasteiger partial charge is 0.394 e. The van der Waals surface area contributed by atoms with Gasteiger partial charge in [-0.3, -0.25) is 9.80 Å². The number of nitrogens with one attached hydrogen (secondary N) is 1. The molecule has 18 heavy (non-hydrogen) atoms. The Labute approximate surface area is 111 Å². The fraction of sp³-hybridized carbons (Fsp3) is 1.00. The van der Waals surface area contributed by atoms with Crippen molar-refractivity contribution < 1.29 is 5.11 Å². The molecular weight excluding hydrogens is 226 g/mol. The minimum Gasteiger partial charge on any atom is -0.394 e. The van der Waals surface area contributed by atoms with E-state index in [1.54, 1.807) is 0 Å². The summed E-state index contributed by atoms with van der Waals surface area (Å²) in [6.07, 6.45) is 4.05. The number of hydrogen-bond acceptors (Lipinski definition) is 4. The molecule has 2 saturated heterocycles. The first-order chi connectivity index (χ1) is 8.67. The van der Waals surface area contributed by atoms with E-state index in [0.717, 1.165) is 19.1 Å². The molecule has 2 aliphatic heterocycles. The van der Waals surface area contributed by atoms with Crippen molar-refractivity contribution in [3.63, 3.8) is 0 Å². The van der Waals surface area contributed by atoms with Gasteiger partial charge in [0.25, 0.3) is 0 Å². The van der Waals surface area contributed by atoms with Crippen molar-refractivity contribution in [1.29, 1.82) is 0 Å². The van der Waals surface area contributed by atoms with Gasteiger partial charge in [0, 0.05) is 19.1 Å². The maximum atomic E-state index is 9.55. The zero-order chi connectivity index (χ0) is 13.0. The van der Waals surface area contributed by atoms with Gasteiger partial charge in [0.2, 0.25) is 0 Å². The fourth-order valence-corrected chi connectivity index (χ4v) is 3.44. The first kappa shape index (κ1) is 14.3. The molecule has 2 aliphatic rings. The van der Waals surface area contributed by atoms with Crippen molar-refractivity contribution in [2.75, 3.05) is 45.9 Å². The third-order valence-electron chi connectivity index (χ3n) is 4.43. The molecule has 0 bridgehead atoms. The third kappa shape index (κ3) is 3.44. The van der Waals surface area contributed by atoms with Gasteiger partial charge in [0.05, 0.1) is 12.1 Å². The Bertz CT molecular complexity index is 255. The minimum absolute atomic E-state index is 0.144. The van der Waals surface area contributed by atoms with Gasteiger partial charge in [-0.25, -0.2) is 0 Å². The molecule has 0 aromatic heterocycles. The van der Waals surface area contributed by atoms with Gasteiger partial charge in [-0.15, -0.1) is 0 Å². The van der Waals surface area contributed by atoms with Crippen LogP contribution < -0.4 is 5.32 Å². The zero-order valence-electron chi connectivity index (χ0n) is 12.0. The molecule has 2 atom stereocenters. The molecule has 106 valence electrons. The minimum atomic E-state index is -0.144. The number of nitrogens with zero attached hydrogens (tertiary/aromatic N) is 2. The number of aliphatic hydroxyl groups is 1. The molecule has 2 fully saturated rings. The number of likely N-dealkylation sites (tertiary alicyclic amines) is 2. The summed E-state index contributed by atoms with van der Waals surface area (Å²) in [5, 5.41) is 13.0. The molecule has 0 aromatic rings. The lowest BCUT2D eigenvalue weighted by Gasteiger charge is -2.33. The van der Waals surface area contributed by atoms with Crippen LogP contribution in [0.4, 0.5) is 0 Å². The zero-order valence-corrected chi connectivity index (χ0v) is 12.0. The van der Waals surface area contributed by atoms with Crippen LogP contribution in [-0.2, 0) is 0 Å². The van der Waals surface area contributed by atoms with Crippen molar-refractivity contribution in [2.45, 2.75) is 44.7 Å². The van der Waals surface area contributed by atoms with E-state index in [1.807, 2.05) is 0 Å². The van der Waals surface area contributed by atoms with E-state index in [2.05, 4.69) is 29.0 Å². The second-order valence-electron chi connectivity index (χ2n) is 6.17. The fourth-order valence-electron chi connectivity index (χ4n) is 3.44. The van der Waals surface area contributed by atoms with E-state index in [4.69, 9.17) is 0 Å². The molecule has 0 radical (unpaired) electrons. The summed E-state index contributed by atoms with van der Waals surface area (Å²) in [7, 11) is 0. The van der Waals surface area contributed by atoms with E-state index < -0.39 is 0 Å². The average Bonchev–Trinajstić information content (AvgIpc) is 2.99. The van der Waals surface area contributed by atoms with Crippen molar-refractivity contribution in [1.82, 2.24) is 15.1 Å². The molecular formula is C14H29N3O. The Balaban J connectivity index is 1.80. The second-order valence-corrected chi connectivity index (χ2v) is 6.17. The van der Waals surface area contributed by atoms with Gasteiger partial charge in [0.15, 0.2) is 0 Å². The monoisotopic (exact) mass is 255 g/mol. The summed E-state index contributed by atoms with van der Waals surface area (Å²) < 4.78 is 0. The highest BCUT2D eigenvalue weighted by Gasteiger charge is 2.33. The maximum Gasteiger partial charge on any atom is 0.0623 e. The second kappa shape index (κ2) is 6.33. The van der Waals surface area contributed by atoms with Crippen LogP contribution in [0.5, 0.6) is 0 Å². The summed E-state index contributed by atoms with van der Waals surface area (Å²) in [6.45, 7) is 11.3. The van der Waals surface area contributed by atoms with Crippen LogP contribution in [0, 0.1) is 0 Å². The van der Waals surface area contributed by atoms with Crippen molar-refractivity contribution >= 4 is 0 Å². The van der Waals surface area contributed by atoms with Crippen molar-refractivity contribution in [3.8, 4) is 0 Å². The Kier molecular flexibility index (Phi) is 5.01. The van der Waals surface area contributed by atoms with Crippen molar-refractivity contribution in [3.05, 3.63) is 0 Å². The lowest BCUT2D eigenvalue weighted by molar-refractivity contribution is 0.128. The summed E-state index contributed by atoms with van der Waals surface area (Å²) in [6, 6.07) is 0.761. The highest BCUT2D eigenvalue weighted by Crippen LogP contribution is 2.21. The summed E-state index contributed by atoms with van der Waals surface area (Å²) in [4.78, 5) is 5.17. The standard InChI is InChI=1S/C14H29N3O/c1-3-15-14(2,12-18)11-16-9-6-13(10-16)17-7-4-5-8-17/h13,15,18H,3-12H2,1-2H3. The van der Waals surface area contributed by atoms with Gasteiger partial charge < -0.3 is 10.4 Å². The van der Waals surface area contributed by atoms with E-state index >= 15 is 0 Å². The average molecular weight is 255 g/mol. The smallest absolute Gasteiger partial charge is 0.0623 e.